The SMILES string of the molecule is CCCCCCCCCCCC(=O)NCCc1ccc(OS(N)(=O)=O)cc1. The largest absolute Gasteiger partial charge is 0.380 e. The third-order valence-corrected chi connectivity index (χ3v) is 4.80. The van der Waals surface area contributed by atoms with Crippen molar-refractivity contribution in [1.82, 2.24) is 5.32 Å². The van der Waals surface area contributed by atoms with Gasteiger partial charge in [-0.05, 0) is 30.5 Å². The van der Waals surface area contributed by atoms with Crippen LogP contribution in [0.3, 0.4) is 0 Å². The number of nitrogens with two attached hydrogens (primary N) is 1. The van der Waals surface area contributed by atoms with Gasteiger partial charge >= 0.3 is 10.3 Å². The number of hydrogen-bond acceptors (Lipinski definition) is 4. The van der Waals surface area contributed by atoms with Crippen LogP contribution in [0.5, 0.6) is 5.75 Å². The Hall–Kier alpha value is -1.60. The van der Waals surface area contributed by atoms with E-state index < -0.39 is 10.3 Å². The second-order valence-electron chi connectivity index (χ2n) is 6.90. The molecule has 0 radical (unpaired) electrons. The van der Waals surface area contributed by atoms with Crippen molar-refractivity contribution >= 4 is 16.2 Å². The number of benzene rings is 1. The van der Waals surface area contributed by atoms with Crippen LogP contribution in [0.4, 0.5) is 0 Å². The van der Waals surface area contributed by atoms with E-state index >= 15 is 0 Å². The number of carbonyl (C=O) groups is 1. The van der Waals surface area contributed by atoms with Gasteiger partial charge in [0.15, 0.2) is 0 Å². The molecule has 27 heavy (non-hydrogen) atoms. The van der Waals surface area contributed by atoms with E-state index in [0.717, 1.165) is 18.4 Å². The Labute approximate surface area is 164 Å². The summed E-state index contributed by atoms with van der Waals surface area (Å²) in [5.41, 5.74) is 0.986. The lowest BCUT2D eigenvalue weighted by atomic mass is 10.1. The van der Waals surface area contributed by atoms with Crippen LogP contribution >= 0.6 is 0 Å². The highest BCUT2D eigenvalue weighted by atomic mass is 32.2. The van der Waals surface area contributed by atoms with Crippen LogP contribution in [0.2, 0.25) is 0 Å². The van der Waals surface area contributed by atoms with Gasteiger partial charge < -0.3 is 9.50 Å². The van der Waals surface area contributed by atoms with Gasteiger partial charge in [0.05, 0.1) is 0 Å². The summed E-state index contributed by atoms with van der Waals surface area (Å²) in [7, 11) is -4.00. The molecular formula is C20H34N2O4S. The zero-order valence-electron chi connectivity index (χ0n) is 16.4. The fraction of sp³-hybridized carbons (Fsp3) is 0.650. The molecular weight excluding hydrogens is 364 g/mol. The molecule has 0 spiro atoms. The number of hydrogen-bond donors (Lipinski definition) is 2. The Morgan fingerprint density at radius 3 is 2.07 bits per heavy atom. The summed E-state index contributed by atoms with van der Waals surface area (Å²) in [6.45, 7) is 2.79. The van der Waals surface area contributed by atoms with Gasteiger partial charge in [-0.1, -0.05) is 70.4 Å². The minimum Gasteiger partial charge on any atom is -0.371 e. The summed E-state index contributed by atoms with van der Waals surface area (Å²) in [5.74, 6) is 0.266. The molecule has 0 aliphatic carbocycles. The average molecular weight is 399 g/mol. The molecule has 1 amide bonds. The van der Waals surface area contributed by atoms with Crippen LogP contribution < -0.4 is 14.6 Å². The summed E-state index contributed by atoms with van der Waals surface area (Å²) in [5, 5.41) is 7.74. The molecule has 0 aliphatic heterocycles. The van der Waals surface area contributed by atoms with Crippen molar-refractivity contribution in [2.75, 3.05) is 6.54 Å². The van der Waals surface area contributed by atoms with Crippen LogP contribution in [0.1, 0.15) is 76.7 Å². The van der Waals surface area contributed by atoms with E-state index in [1.54, 1.807) is 24.3 Å². The van der Waals surface area contributed by atoms with Crippen molar-refractivity contribution < 1.29 is 17.4 Å². The van der Waals surface area contributed by atoms with E-state index in [1.807, 2.05) is 0 Å². The molecule has 0 fully saturated rings. The lowest BCUT2D eigenvalue weighted by Gasteiger charge is -2.07. The molecule has 1 aromatic carbocycles. The van der Waals surface area contributed by atoms with Gasteiger partial charge in [-0.2, -0.15) is 13.6 Å². The Morgan fingerprint density at radius 1 is 0.963 bits per heavy atom. The van der Waals surface area contributed by atoms with Gasteiger partial charge in [0, 0.05) is 13.0 Å². The molecule has 0 saturated heterocycles. The van der Waals surface area contributed by atoms with E-state index in [9.17, 15) is 13.2 Å². The van der Waals surface area contributed by atoms with Gasteiger partial charge in [0.1, 0.15) is 5.75 Å². The first-order valence-electron chi connectivity index (χ1n) is 9.98. The quantitative estimate of drug-likeness (QED) is 0.438. The number of carbonyl (C=O) groups excluding carboxylic acids is 1. The summed E-state index contributed by atoms with van der Waals surface area (Å²) >= 11 is 0. The highest BCUT2D eigenvalue weighted by Crippen LogP contribution is 2.14. The summed E-state index contributed by atoms with van der Waals surface area (Å²) in [4.78, 5) is 11.8. The van der Waals surface area contributed by atoms with Crippen molar-refractivity contribution in [3.05, 3.63) is 29.8 Å². The first-order chi connectivity index (χ1) is 12.9. The Balaban J connectivity index is 2.05. The smallest absolute Gasteiger partial charge is 0.371 e. The zero-order valence-corrected chi connectivity index (χ0v) is 17.2. The molecule has 7 heteroatoms. The molecule has 0 bridgehead atoms. The monoisotopic (exact) mass is 398 g/mol. The van der Waals surface area contributed by atoms with E-state index in [2.05, 4.69) is 16.4 Å². The van der Waals surface area contributed by atoms with Crippen LogP contribution in [-0.4, -0.2) is 20.9 Å². The molecule has 1 rings (SSSR count). The molecule has 0 unspecified atom stereocenters. The maximum Gasteiger partial charge on any atom is 0.380 e. The second kappa shape index (κ2) is 13.6. The lowest BCUT2D eigenvalue weighted by Crippen LogP contribution is -2.25. The van der Waals surface area contributed by atoms with Crippen molar-refractivity contribution in [3.63, 3.8) is 0 Å². The van der Waals surface area contributed by atoms with E-state index in [4.69, 9.17) is 5.14 Å². The first kappa shape index (κ1) is 23.4. The molecule has 0 atom stereocenters. The third-order valence-electron chi connectivity index (χ3n) is 4.38. The van der Waals surface area contributed by atoms with Crippen LogP contribution in [0.25, 0.3) is 0 Å². The number of nitrogens with one attached hydrogen (secondary N) is 1. The van der Waals surface area contributed by atoms with Crippen LogP contribution in [-0.2, 0) is 21.5 Å². The molecule has 6 nitrogen and oxygen atoms in total. The van der Waals surface area contributed by atoms with Crippen molar-refractivity contribution in [3.8, 4) is 5.75 Å². The van der Waals surface area contributed by atoms with E-state index in [0.29, 0.717) is 19.4 Å². The predicted octanol–water partition coefficient (Wildman–Crippen LogP) is 3.85. The minimum absolute atomic E-state index is 0.0899. The maximum atomic E-state index is 11.8. The highest BCUT2D eigenvalue weighted by molar-refractivity contribution is 7.84. The fourth-order valence-corrected chi connectivity index (χ4v) is 3.26. The Morgan fingerprint density at radius 2 is 1.52 bits per heavy atom. The fourth-order valence-electron chi connectivity index (χ4n) is 2.88. The van der Waals surface area contributed by atoms with Crippen molar-refractivity contribution in [2.24, 2.45) is 5.14 Å². The topological polar surface area (TPSA) is 98.5 Å². The first-order valence-corrected chi connectivity index (χ1v) is 11.5. The predicted molar refractivity (Wildman–Crippen MR) is 109 cm³/mol. The highest BCUT2D eigenvalue weighted by Gasteiger charge is 2.05. The molecule has 1 aromatic rings. The molecule has 0 aromatic heterocycles. The normalized spacial score (nSPS) is 11.3. The van der Waals surface area contributed by atoms with E-state index in [-0.39, 0.29) is 11.7 Å². The Bertz CT molecular complexity index is 630. The maximum absolute atomic E-state index is 11.8. The average Bonchev–Trinajstić information content (AvgIpc) is 2.60. The third kappa shape index (κ3) is 13.2. The molecule has 0 aliphatic rings. The standard InChI is InChI=1S/C20H34N2O4S/c1-2-3-4-5-6-7-8-9-10-11-20(23)22-17-16-18-12-14-19(15-13-18)26-27(21,24)25/h12-15H,2-11,16-17H2,1H3,(H,22,23)(H2,21,24,25). The second-order valence-corrected chi connectivity index (χ2v) is 8.05. The van der Waals surface area contributed by atoms with Gasteiger partial charge in [-0.3, -0.25) is 4.79 Å². The summed E-state index contributed by atoms with van der Waals surface area (Å²) in [6.07, 6.45) is 12.4. The van der Waals surface area contributed by atoms with Crippen LogP contribution in [0, 0.1) is 0 Å². The molecule has 154 valence electrons. The molecule has 0 heterocycles. The number of amides is 1. The van der Waals surface area contributed by atoms with Crippen molar-refractivity contribution in [2.45, 2.75) is 77.6 Å². The molecule has 3 N–H and O–H groups in total. The van der Waals surface area contributed by atoms with Crippen molar-refractivity contribution in [1.29, 1.82) is 0 Å². The minimum atomic E-state index is -4.00. The summed E-state index contributed by atoms with van der Waals surface area (Å²) in [6, 6.07) is 6.61. The van der Waals surface area contributed by atoms with Gasteiger partial charge in [-0.25, -0.2) is 0 Å². The Kier molecular flexibility index (Phi) is 11.8. The van der Waals surface area contributed by atoms with Gasteiger partial charge in [-0.15, -0.1) is 0 Å². The number of unbranched alkanes of at least 4 members (excludes halogenated alkanes) is 8. The summed E-state index contributed by atoms with van der Waals surface area (Å²) < 4.78 is 26.3. The molecule has 0 saturated carbocycles. The van der Waals surface area contributed by atoms with E-state index in [1.165, 1.54) is 44.9 Å². The number of rotatable bonds is 15. The van der Waals surface area contributed by atoms with Crippen LogP contribution in [0.15, 0.2) is 24.3 Å². The lowest BCUT2D eigenvalue weighted by molar-refractivity contribution is -0.121. The van der Waals surface area contributed by atoms with Gasteiger partial charge in [0.2, 0.25) is 5.91 Å². The zero-order chi connectivity index (χ0) is 20.0. The van der Waals surface area contributed by atoms with Gasteiger partial charge in [0.25, 0.3) is 0 Å².